The number of benzene rings is 1. The van der Waals surface area contributed by atoms with E-state index < -0.39 is 17.3 Å². The topological polar surface area (TPSA) is 48.0 Å². The predicted octanol–water partition coefficient (Wildman–Crippen LogP) is 3.08. The highest BCUT2D eigenvalue weighted by molar-refractivity contribution is 5.39. The van der Waals surface area contributed by atoms with Crippen molar-refractivity contribution in [1.29, 1.82) is 0 Å². The molecule has 0 aliphatic heterocycles. The molecule has 0 bridgehead atoms. The van der Waals surface area contributed by atoms with Gasteiger partial charge in [0.2, 0.25) is 0 Å². The lowest BCUT2D eigenvalue weighted by atomic mass is 10.1. The third-order valence-corrected chi connectivity index (χ3v) is 3.15. The smallest absolute Gasteiger partial charge is 0.399 e. The molecule has 2 rings (SSSR count). The van der Waals surface area contributed by atoms with Crippen LogP contribution in [0.15, 0.2) is 47.4 Å². The molecule has 112 valence electrons. The Morgan fingerprint density at radius 3 is 2.33 bits per heavy atom. The van der Waals surface area contributed by atoms with Crippen molar-refractivity contribution >= 4 is 5.69 Å². The van der Waals surface area contributed by atoms with E-state index in [1.807, 2.05) is 12.1 Å². The number of hydrogen-bond acceptors (Lipinski definition) is 2. The normalized spacial score (nSPS) is 11.6. The van der Waals surface area contributed by atoms with Crippen molar-refractivity contribution in [3.63, 3.8) is 0 Å². The molecule has 0 saturated heterocycles. The summed E-state index contributed by atoms with van der Waals surface area (Å²) in [7, 11) is 0. The monoisotopic (exact) mass is 296 g/mol. The van der Waals surface area contributed by atoms with Gasteiger partial charge < -0.3 is 10.3 Å². The molecule has 2 aromatic rings. The summed E-state index contributed by atoms with van der Waals surface area (Å²) in [6.07, 6.45) is -2.33. The first kappa shape index (κ1) is 15.2. The molecule has 1 aromatic heterocycles. The zero-order valence-corrected chi connectivity index (χ0v) is 11.2. The summed E-state index contributed by atoms with van der Waals surface area (Å²) in [4.78, 5) is 11.6. The third kappa shape index (κ3) is 4.11. The summed E-state index contributed by atoms with van der Waals surface area (Å²) in [5.74, 6) is 0. The second-order valence-corrected chi connectivity index (χ2v) is 4.79. The van der Waals surface area contributed by atoms with Gasteiger partial charge in [0.25, 0.3) is 5.56 Å². The summed E-state index contributed by atoms with van der Waals surface area (Å²) < 4.78 is 38.9. The number of aryl methyl sites for hydroxylation is 2. The summed E-state index contributed by atoms with van der Waals surface area (Å²) in [5.41, 5.74) is 6.02. The molecular formula is C15H15F3N2O. The summed E-state index contributed by atoms with van der Waals surface area (Å²) in [5, 5.41) is 0. The van der Waals surface area contributed by atoms with Gasteiger partial charge in [0, 0.05) is 24.5 Å². The van der Waals surface area contributed by atoms with Gasteiger partial charge in [0.15, 0.2) is 0 Å². The fraction of sp³-hybridized carbons (Fsp3) is 0.267. The van der Waals surface area contributed by atoms with E-state index >= 15 is 0 Å². The molecule has 0 aliphatic rings. The van der Waals surface area contributed by atoms with Crippen molar-refractivity contribution < 1.29 is 13.2 Å². The quantitative estimate of drug-likeness (QED) is 0.881. The number of anilines is 1. The molecule has 0 spiro atoms. The zero-order chi connectivity index (χ0) is 15.5. The van der Waals surface area contributed by atoms with Gasteiger partial charge in [-0.05, 0) is 36.6 Å². The molecule has 0 amide bonds. The number of aromatic nitrogens is 1. The lowest BCUT2D eigenvalue weighted by Crippen LogP contribution is -2.21. The first-order chi connectivity index (χ1) is 9.86. The molecule has 2 N–H and O–H groups in total. The van der Waals surface area contributed by atoms with Gasteiger partial charge in [-0.15, -0.1) is 0 Å². The van der Waals surface area contributed by atoms with Crippen molar-refractivity contribution in [2.24, 2.45) is 0 Å². The van der Waals surface area contributed by atoms with E-state index in [-0.39, 0.29) is 6.54 Å². The van der Waals surface area contributed by atoms with Gasteiger partial charge in [-0.2, -0.15) is 13.2 Å². The van der Waals surface area contributed by atoms with Crippen LogP contribution in [0.5, 0.6) is 0 Å². The Morgan fingerprint density at radius 2 is 1.71 bits per heavy atom. The van der Waals surface area contributed by atoms with Crippen molar-refractivity contribution in [3.8, 4) is 0 Å². The largest absolute Gasteiger partial charge is 0.417 e. The summed E-state index contributed by atoms with van der Waals surface area (Å²) in [6, 6.07) is 9.02. The highest BCUT2D eigenvalue weighted by atomic mass is 19.4. The molecule has 0 aliphatic carbocycles. The second-order valence-electron chi connectivity index (χ2n) is 4.79. The standard InChI is InChI=1S/C15H15F3N2O/c16-15(17,18)12-5-8-14(21)20(10-12)9-1-2-11-3-6-13(19)7-4-11/h3-8,10H,1-2,9,19H2. The lowest BCUT2D eigenvalue weighted by Gasteiger charge is -2.10. The maximum atomic E-state index is 12.6. The Bertz CT molecular complexity index is 660. The Hall–Kier alpha value is -2.24. The van der Waals surface area contributed by atoms with Crippen LogP contribution in [0.25, 0.3) is 0 Å². The number of rotatable bonds is 4. The van der Waals surface area contributed by atoms with Crippen LogP contribution in [0.2, 0.25) is 0 Å². The Balaban J connectivity index is 2.03. The third-order valence-electron chi connectivity index (χ3n) is 3.15. The fourth-order valence-corrected chi connectivity index (χ4v) is 2.01. The molecule has 1 aromatic carbocycles. The summed E-state index contributed by atoms with van der Waals surface area (Å²) >= 11 is 0. The minimum atomic E-state index is -4.44. The second kappa shape index (κ2) is 6.03. The van der Waals surface area contributed by atoms with E-state index in [0.29, 0.717) is 18.5 Å². The molecule has 0 radical (unpaired) electrons. The Morgan fingerprint density at radius 1 is 1.05 bits per heavy atom. The highest BCUT2D eigenvalue weighted by Gasteiger charge is 2.30. The van der Waals surface area contributed by atoms with Gasteiger partial charge >= 0.3 is 6.18 Å². The first-order valence-corrected chi connectivity index (χ1v) is 6.48. The van der Waals surface area contributed by atoms with Gasteiger partial charge in [-0.3, -0.25) is 4.79 Å². The van der Waals surface area contributed by atoms with Gasteiger partial charge in [-0.25, -0.2) is 0 Å². The molecule has 21 heavy (non-hydrogen) atoms. The van der Waals surface area contributed by atoms with Gasteiger partial charge in [0.05, 0.1) is 5.56 Å². The molecule has 3 nitrogen and oxygen atoms in total. The number of nitrogens with two attached hydrogens (primary N) is 1. The van der Waals surface area contributed by atoms with Crippen LogP contribution < -0.4 is 11.3 Å². The van der Waals surface area contributed by atoms with Crippen LogP contribution in [-0.4, -0.2) is 4.57 Å². The van der Waals surface area contributed by atoms with Gasteiger partial charge in [0.1, 0.15) is 0 Å². The van der Waals surface area contributed by atoms with Crippen molar-refractivity contribution in [3.05, 3.63) is 64.1 Å². The minimum Gasteiger partial charge on any atom is -0.399 e. The van der Waals surface area contributed by atoms with E-state index in [4.69, 9.17) is 5.73 Å². The van der Waals surface area contributed by atoms with Crippen LogP contribution in [0.4, 0.5) is 18.9 Å². The van der Waals surface area contributed by atoms with Crippen LogP contribution in [-0.2, 0) is 19.1 Å². The lowest BCUT2D eigenvalue weighted by molar-refractivity contribution is -0.138. The highest BCUT2D eigenvalue weighted by Crippen LogP contribution is 2.28. The van der Waals surface area contributed by atoms with Crippen LogP contribution >= 0.6 is 0 Å². The van der Waals surface area contributed by atoms with E-state index in [9.17, 15) is 18.0 Å². The molecule has 1 heterocycles. The van der Waals surface area contributed by atoms with Crippen LogP contribution in [0, 0.1) is 0 Å². The average molecular weight is 296 g/mol. The number of halogens is 3. The van der Waals surface area contributed by atoms with E-state index in [1.54, 1.807) is 12.1 Å². The minimum absolute atomic E-state index is 0.243. The van der Waals surface area contributed by atoms with E-state index in [2.05, 4.69) is 0 Å². The van der Waals surface area contributed by atoms with Crippen molar-refractivity contribution in [2.75, 3.05) is 5.73 Å². The van der Waals surface area contributed by atoms with Crippen molar-refractivity contribution in [2.45, 2.75) is 25.6 Å². The number of nitrogen functional groups attached to an aromatic ring is 1. The van der Waals surface area contributed by atoms with Crippen LogP contribution in [0.1, 0.15) is 17.5 Å². The predicted molar refractivity (Wildman–Crippen MR) is 74.9 cm³/mol. The maximum absolute atomic E-state index is 12.6. The molecular weight excluding hydrogens is 281 g/mol. The van der Waals surface area contributed by atoms with E-state index in [1.165, 1.54) is 0 Å². The van der Waals surface area contributed by atoms with Crippen LogP contribution in [0.3, 0.4) is 0 Å². The number of nitrogens with zero attached hydrogens (tertiary/aromatic N) is 1. The first-order valence-electron chi connectivity index (χ1n) is 6.48. The average Bonchev–Trinajstić information content (AvgIpc) is 2.42. The number of hydrogen-bond donors (Lipinski definition) is 1. The number of alkyl halides is 3. The molecule has 6 heteroatoms. The van der Waals surface area contributed by atoms with Gasteiger partial charge in [-0.1, -0.05) is 12.1 Å². The van der Waals surface area contributed by atoms with Crippen molar-refractivity contribution in [1.82, 2.24) is 4.57 Å². The number of pyridine rings is 1. The Kier molecular flexibility index (Phi) is 4.35. The Labute approximate surface area is 119 Å². The van der Waals surface area contributed by atoms with E-state index in [0.717, 1.165) is 28.5 Å². The molecule has 0 saturated carbocycles. The molecule has 0 unspecified atom stereocenters. The fourth-order valence-electron chi connectivity index (χ4n) is 2.01. The zero-order valence-electron chi connectivity index (χ0n) is 11.2. The maximum Gasteiger partial charge on any atom is 0.417 e. The summed E-state index contributed by atoms with van der Waals surface area (Å²) in [6.45, 7) is 0.243. The molecule has 0 atom stereocenters. The SMILES string of the molecule is Nc1ccc(CCCn2cc(C(F)(F)F)ccc2=O)cc1. The molecule has 0 fully saturated rings.